The van der Waals surface area contributed by atoms with Crippen LogP contribution in [-0.2, 0) is 0 Å². The minimum atomic E-state index is 0.314. The van der Waals surface area contributed by atoms with Crippen molar-refractivity contribution >= 4 is 11.5 Å². The third-order valence-electron chi connectivity index (χ3n) is 4.46. The molecule has 0 aliphatic heterocycles. The van der Waals surface area contributed by atoms with E-state index in [2.05, 4.69) is 38.0 Å². The van der Waals surface area contributed by atoms with E-state index < -0.39 is 0 Å². The van der Waals surface area contributed by atoms with Crippen LogP contribution in [-0.4, -0.2) is 11.0 Å². The van der Waals surface area contributed by atoms with Gasteiger partial charge in [-0.15, -0.1) is 0 Å². The van der Waals surface area contributed by atoms with E-state index in [1.54, 1.807) is 0 Å². The van der Waals surface area contributed by atoms with Crippen LogP contribution in [0.5, 0.6) is 0 Å². The Hall–Kier alpha value is -1.25. The van der Waals surface area contributed by atoms with E-state index in [-0.39, 0.29) is 0 Å². The Kier molecular flexibility index (Phi) is 2.19. The molecule has 2 rings (SSSR count). The Bertz CT molecular complexity index is 407. The lowest BCUT2D eigenvalue weighted by Gasteiger charge is -2.09. The number of rotatable bonds is 2. The predicted molar refractivity (Wildman–Crippen MR) is 68.4 cm³/mol. The highest BCUT2D eigenvalue weighted by atomic mass is 15.1. The number of nitrogens with zero attached hydrogens (tertiary/aromatic N) is 1. The average Bonchev–Trinajstić information content (AvgIpc) is 2.54. The van der Waals surface area contributed by atoms with E-state index in [1.807, 2.05) is 19.2 Å². The number of pyridine rings is 1. The monoisotopic (exact) mass is 219 g/mol. The lowest BCUT2D eigenvalue weighted by Crippen LogP contribution is -2.11. The molecule has 1 aromatic rings. The summed E-state index contributed by atoms with van der Waals surface area (Å²) in [6.07, 6.45) is 1.82. The summed E-state index contributed by atoms with van der Waals surface area (Å²) < 4.78 is 0. The first-order chi connectivity index (χ1) is 7.26. The van der Waals surface area contributed by atoms with Crippen molar-refractivity contribution in [2.75, 3.05) is 11.1 Å². The van der Waals surface area contributed by atoms with Crippen molar-refractivity contribution in [1.29, 1.82) is 0 Å². The summed E-state index contributed by atoms with van der Waals surface area (Å²) in [5.41, 5.74) is 8.33. The summed E-state index contributed by atoms with van der Waals surface area (Å²) in [6, 6.07) is 2.38. The van der Waals surface area contributed by atoms with Crippen molar-refractivity contribution in [2.24, 2.45) is 10.8 Å². The number of nitrogens with two attached hydrogens (primary N) is 1. The molecule has 0 unspecified atom stereocenters. The van der Waals surface area contributed by atoms with E-state index in [1.165, 1.54) is 0 Å². The van der Waals surface area contributed by atoms with Crippen molar-refractivity contribution in [3.8, 4) is 0 Å². The second-order valence-electron chi connectivity index (χ2n) is 5.95. The van der Waals surface area contributed by atoms with Crippen LogP contribution in [0.1, 0.15) is 33.3 Å². The molecule has 1 fully saturated rings. The van der Waals surface area contributed by atoms with Crippen LogP contribution in [0.25, 0.3) is 0 Å². The third-order valence-corrected chi connectivity index (χ3v) is 4.46. The first kappa shape index (κ1) is 11.2. The molecule has 3 N–H and O–H groups in total. The van der Waals surface area contributed by atoms with Gasteiger partial charge in [-0.2, -0.15) is 0 Å². The van der Waals surface area contributed by atoms with Gasteiger partial charge in [-0.1, -0.05) is 27.7 Å². The smallest absolute Gasteiger partial charge is 0.128 e. The predicted octanol–water partition coefficient (Wildman–Crippen LogP) is 2.82. The molecule has 0 atom stereocenters. The molecule has 1 aliphatic carbocycles. The van der Waals surface area contributed by atoms with Crippen molar-refractivity contribution in [3.63, 3.8) is 0 Å². The van der Waals surface area contributed by atoms with Crippen molar-refractivity contribution in [3.05, 3.63) is 17.8 Å². The highest BCUT2D eigenvalue weighted by Gasteiger charge is 2.65. The molecule has 0 bridgehead atoms. The number of nitrogens with one attached hydrogen (secondary N) is 1. The summed E-state index contributed by atoms with van der Waals surface area (Å²) in [4.78, 5) is 4.36. The van der Waals surface area contributed by atoms with Gasteiger partial charge < -0.3 is 11.1 Å². The number of hydrogen-bond donors (Lipinski definition) is 2. The summed E-state index contributed by atoms with van der Waals surface area (Å²) >= 11 is 0. The quantitative estimate of drug-likeness (QED) is 0.804. The van der Waals surface area contributed by atoms with Gasteiger partial charge in [-0.05, 0) is 23.3 Å². The van der Waals surface area contributed by atoms with E-state index in [4.69, 9.17) is 5.73 Å². The molecule has 3 heteroatoms. The molecule has 1 heterocycles. The molecule has 0 saturated heterocycles. The van der Waals surface area contributed by atoms with Crippen LogP contribution in [0.3, 0.4) is 0 Å². The minimum Gasteiger partial charge on any atom is -0.398 e. The molecular weight excluding hydrogens is 198 g/mol. The Morgan fingerprint density at radius 1 is 1.25 bits per heavy atom. The van der Waals surface area contributed by atoms with Crippen LogP contribution in [0, 0.1) is 17.8 Å². The molecule has 0 radical (unpaired) electrons. The van der Waals surface area contributed by atoms with E-state index in [0.717, 1.165) is 17.1 Å². The van der Waals surface area contributed by atoms with E-state index in [9.17, 15) is 0 Å². The Balaban J connectivity index is 2.15. The average molecular weight is 219 g/mol. The number of aryl methyl sites for hydroxylation is 1. The van der Waals surface area contributed by atoms with Gasteiger partial charge in [0.05, 0.1) is 0 Å². The van der Waals surface area contributed by atoms with Crippen LogP contribution < -0.4 is 11.1 Å². The molecular formula is C13H21N3. The van der Waals surface area contributed by atoms with Crippen LogP contribution in [0.15, 0.2) is 12.3 Å². The Labute approximate surface area is 97.5 Å². The van der Waals surface area contributed by atoms with Crippen LogP contribution in [0.4, 0.5) is 11.5 Å². The maximum absolute atomic E-state index is 5.87. The van der Waals surface area contributed by atoms with Crippen molar-refractivity contribution in [2.45, 2.75) is 40.7 Å². The maximum Gasteiger partial charge on any atom is 0.128 e. The fourth-order valence-electron chi connectivity index (χ4n) is 2.32. The molecule has 3 nitrogen and oxygen atoms in total. The number of aromatic nitrogens is 1. The molecule has 16 heavy (non-hydrogen) atoms. The first-order valence-corrected chi connectivity index (χ1v) is 5.75. The lowest BCUT2D eigenvalue weighted by atomic mass is 10.0. The second kappa shape index (κ2) is 3.12. The van der Waals surface area contributed by atoms with E-state index in [0.29, 0.717) is 16.9 Å². The van der Waals surface area contributed by atoms with Gasteiger partial charge in [0.2, 0.25) is 0 Å². The molecule has 0 amide bonds. The van der Waals surface area contributed by atoms with Crippen molar-refractivity contribution in [1.82, 2.24) is 4.98 Å². The van der Waals surface area contributed by atoms with Gasteiger partial charge >= 0.3 is 0 Å². The number of anilines is 2. The van der Waals surface area contributed by atoms with Crippen molar-refractivity contribution < 1.29 is 0 Å². The Morgan fingerprint density at radius 3 is 2.25 bits per heavy atom. The number of hydrogen-bond acceptors (Lipinski definition) is 3. The fourth-order valence-corrected chi connectivity index (χ4v) is 2.32. The lowest BCUT2D eigenvalue weighted by molar-refractivity contribution is 0.457. The van der Waals surface area contributed by atoms with Crippen LogP contribution >= 0.6 is 0 Å². The molecule has 0 spiro atoms. The normalized spacial score (nSPS) is 21.8. The van der Waals surface area contributed by atoms with Gasteiger partial charge in [-0.3, -0.25) is 0 Å². The standard InChI is InChI=1S/C13H21N3/c1-8-7-15-10(6-9(8)14)16-11-12(2,3)13(11,4)5/h6-7,11H,1-5H3,(H3,14,15,16). The van der Waals surface area contributed by atoms with Gasteiger partial charge in [0.1, 0.15) is 5.82 Å². The highest BCUT2D eigenvalue weighted by molar-refractivity contribution is 5.55. The zero-order chi connectivity index (χ0) is 12.1. The highest BCUT2D eigenvalue weighted by Crippen LogP contribution is 2.63. The molecule has 1 aromatic heterocycles. The van der Waals surface area contributed by atoms with Gasteiger partial charge in [0, 0.05) is 24.0 Å². The topological polar surface area (TPSA) is 50.9 Å². The second-order valence-corrected chi connectivity index (χ2v) is 5.95. The zero-order valence-corrected chi connectivity index (χ0v) is 10.8. The largest absolute Gasteiger partial charge is 0.398 e. The van der Waals surface area contributed by atoms with Gasteiger partial charge in [-0.25, -0.2) is 4.98 Å². The maximum atomic E-state index is 5.87. The molecule has 1 saturated carbocycles. The summed E-state index contributed by atoms with van der Waals surface area (Å²) in [7, 11) is 0. The summed E-state index contributed by atoms with van der Waals surface area (Å²) in [5, 5.41) is 3.47. The Morgan fingerprint density at radius 2 is 1.81 bits per heavy atom. The molecule has 88 valence electrons. The fraction of sp³-hybridized carbons (Fsp3) is 0.615. The third kappa shape index (κ3) is 1.46. The minimum absolute atomic E-state index is 0.314. The first-order valence-electron chi connectivity index (χ1n) is 5.75. The van der Waals surface area contributed by atoms with E-state index >= 15 is 0 Å². The summed E-state index contributed by atoms with van der Waals surface area (Å²) in [6.45, 7) is 11.1. The van der Waals surface area contributed by atoms with Gasteiger partial charge in [0.15, 0.2) is 0 Å². The number of nitrogen functional groups attached to an aromatic ring is 1. The summed E-state index contributed by atoms with van der Waals surface area (Å²) in [5.74, 6) is 0.881. The van der Waals surface area contributed by atoms with Gasteiger partial charge in [0.25, 0.3) is 0 Å². The van der Waals surface area contributed by atoms with Crippen LogP contribution in [0.2, 0.25) is 0 Å². The SMILES string of the molecule is Cc1cnc(NC2C(C)(C)C2(C)C)cc1N. The zero-order valence-electron chi connectivity index (χ0n) is 10.8. The molecule has 1 aliphatic rings. The molecule has 0 aromatic carbocycles.